The number of anilines is 1. The molecule has 0 aliphatic carbocycles. The lowest BCUT2D eigenvalue weighted by atomic mass is 9.95. The van der Waals surface area contributed by atoms with Crippen LogP contribution in [0.2, 0.25) is 0 Å². The number of halogens is 1. The number of amides is 1. The molecule has 0 aliphatic rings. The van der Waals surface area contributed by atoms with Gasteiger partial charge in [0.25, 0.3) is 22.0 Å². The summed E-state index contributed by atoms with van der Waals surface area (Å²) in [4.78, 5) is 42.5. The first-order valence-corrected chi connectivity index (χ1v) is 19.2. The lowest BCUT2D eigenvalue weighted by Crippen LogP contribution is -2.32. The number of ether oxygens (including phenoxy) is 5. The lowest BCUT2D eigenvalue weighted by Gasteiger charge is -2.21. The maximum absolute atomic E-state index is 16.6. The second-order valence-electron chi connectivity index (χ2n) is 13.0. The van der Waals surface area contributed by atoms with Gasteiger partial charge in [-0.2, -0.15) is 18.4 Å². The normalized spacial score (nSPS) is 12.4. The fourth-order valence-corrected chi connectivity index (χ4v) is 5.55. The van der Waals surface area contributed by atoms with Crippen LogP contribution in [0.4, 0.5) is 10.1 Å². The minimum Gasteiger partial charge on any atom is -0.497 e. The van der Waals surface area contributed by atoms with E-state index in [-0.39, 0.29) is 60.5 Å². The largest absolute Gasteiger partial charge is 0.497 e. The summed E-state index contributed by atoms with van der Waals surface area (Å²) in [6.45, 7) is 2.07. The molecule has 0 radical (unpaired) electrons. The van der Waals surface area contributed by atoms with Crippen molar-refractivity contribution in [1.29, 1.82) is 0 Å². The summed E-state index contributed by atoms with van der Waals surface area (Å²) in [5.41, 5.74) is 6.31. The maximum Gasteiger partial charge on any atom is 0.325 e. The van der Waals surface area contributed by atoms with Crippen molar-refractivity contribution >= 4 is 33.5 Å². The van der Waals surface area contributed by atoms with Crippen molar-refractivity contribution in [3.8, 4) is 23.5 Å². The number of nitrogens with zero attached hydrogens (tertiary/aromatic N) is 6. The minimum absolute atomic E-state index is 0.0196. The molecule has 3 aromatic carbocycles. The fraction of sp³-hybridized carbons (Fsp3) is 0.289. The number of nitrogens with two attached hydrogens (primary N) is 1. The Balaban J connectivity index is 1.54. The van der Waals surface area contributed by atoms with Crippen LogP contribution in [0.1, 0.15) is 47.2 Å². The quantitative estimate of drug-likeness (QED) is 0.0301. The summed E-state index contributed by atoms with van der Waals surface area (Å²) in [5, 5.41) is 7.80. The number of methoxy groups -OCH3 is 2. The zero-order valence-electron chi connectivity index (χ0n) is 32.1. The van der Waals surface area contributed by atoms with Crippen molar-refractivity contribution in [1.82, 2.24) is 24.7 Å². The van der Waals surface area contributed by atoms with Crippen molar-refractivity contribution in [3.63, 3.8) is 0 Å². The Bertz CT molecular complexity index is 2330. The van der Waals surface area contributed by atoms with Gasteiger partial charge in [-0.1, -0.05) is 18.2 Å². The number of nitrogens with one attached hydrogen (secondary N) is 1. The monoisotopic (exact) mass is 820 g/mol. The Labute approximate surface area is 333 Å². The average Bonchev–Trinajstić information content (AvgIpc) is 3.63. The third-order valence-corrected chi connectivity index (χ3v) is 8.58. The zero-order valence-corrected chi connectivity index (χ0v) is 32.9. The van der Waals surface area contributed by atoms with Gasteiger partial charge in [-0.3, -0.25) is 13.8 Å². The summed E-state index contributed by atoms with van der Waals surface area (Å²) in [6, 6.07) is 17.7. The standard InChI is InChI=1S/C38H41FN8O10S/c1-38(2,22-52-3)35(49)55-23-56-37-45-33(46-47(37)36-41-16-9-17-42-36)31(28-20-27(53-4)21-29(30(28)39)54-18-19-57-58(5,50)51)43-26-14-12-24(13-15-26)32(40)44-34(48)25-10-7-6-8-11-25/h6-17,20-21,31,43H,18-19,22-23H2,1-5H3,(H2,40,44,48). The molecule has 1 atom stereocenters. The van der Waals surface area contributed by atoms with E-state index in [1.807, 2.05) is 0 Å². The van der Waals surface area contributed by atoms with Crippen LogP contribution in [0, 0.1) is 11.2 Å². The first kappa shape index (κ1) is 42.6. The molecule has 0 saturated carbocycles. The molecule has 0 fully saturated rings. The number of benzene rings is 3. The molecular formula is C38H41FN8O10S. The molecule has 0 aliphatic heterocycles. The lowest BCUT2D eigenvalue weighted by molar-refractivity contribution is -0.163. The second kappa shape index (κ2) is 19.1. The van der Waals surface area contributed by atoms with Gasteiger partial charge in [0.05, 0.1) is 25.4 Å². The second-order valence-corrected chi connectivity index (χ2v) is 14.6. The van der Waals surface area contributed by atoms with E-state index in [0.29, 0.717) is 16.8 Å². The summed E-state index contributed by atoms with van der Waals surface area (Å²) < 4.78 is 72.7. The van der Waals surface area contributed by atoms with Crippen LogP contribution in [-0.4, -0.2) is 98.0 Å². The minimum atomic E-state index is -3.78. The Morgan fingerprint density at radius 3 is 2.33 bits per heavy atom. The molecule has 1 unspecified atom stereocenters. The van der Waals surface area contributed by atoms with Gasteiger partial charge in [-0.05, 0) is 62.4 Å². The number of hydrogen-bond donors (Lipinski definition) is 2. The molecule has 2 heterocycles. The summed E-state index contributed by atoms with van der Waals surface area (Å²) >= 11 is 0. The third-order valence-electron chi connectivity index (χ3n) is 7.99. The Morgan fingerprint density at radius 1 is 0.966 bits per heavy atom. The molecule has 306 valence electrons. The van der Waals surface area contributed by atoms with Crippen molar-refractivity contribution in [2.24, 2.45) is 16.1 Å². The fourth-order valence-electron chi connectivity index (χ4n) is 5.18. The van der Waals surface area contributed by atoms with Gasteiger partial charge in [0.1, 0.15) is 30.8 Å². The molecule has 1 amide bonds. The van der Waals surface area contributed by atoms with Gasteiger partial charge >= 0.3 is 12.0 Å². The molecule has 5 aromatic rings. The third kappa shape index (κ3) is 11.3. The van der Waals surface area contributed by atoms with Crippen LogP contribution >= 0.6 is 0 Å². The zero-order chi connectivity index (χ0) is 41.9. The highest BCUT2D eigenvalue weighted by Crippen LogP contribution is 2.36. The van der Waals surface area contributed by atoms with Crippen LogP contribution in [-0.2, 0) is 28.6 Å². The van der Waals surface area contributed by atoms with Crippen LogP contribution < -0.4 is 25.3 Å². The highest BCUT2D eigenvalue weighted by atomic mass is 32.2. The number of esters is 1. The molecule has 0 saturated heterocycles. The van der Waals surface area contributed by atoms with E-state index in [4.69, 9.17) is 33.6 Å². The maximum atomic E-state index is 16.6. The Hall–Kier alpha value is -6.51. The molecule has 0 spiro atoms. The molecule has 3 N–H and O–H groups in total. The van der Waals surface area contributed by atoms with Crippen LogP contribution in [0.15, 0.2) is 90.2 Å². The van der Waals surface area contributed by atoms with Crippen LogP contribution in [0.25, 0.3) is 5.95 Å². The number of carbonyl (C=O) groups excluding carboxylic acids is 2. The number of aromatic nitrogens is 5. The van der Waals surface area contributed by atoms with Crippen LogP contribution in [0.3, 0.4) is 0 Å². The number of hydrogen-bond acceptors (Lipinski definition) is 15. The van der Waals surface area contributed by atoms with E-state index in [0.717, 1.165) is 10.9 Å². The van der Waals surface area contributed by atoms with E-state index >= 15 is 4.39 Å². The average molecular weight is 821 g/mol. The van der Waals surface area contributed by atoms with E-state index in [1.54, 1.807) is 74.5 Å². The van der Waals surface area contributed by atoms with Gasteiger partial charge in [-0.25, -0.2) is 14.4 Å². The topological polar surface area (TPSA) is 231 Å². The van der Waals surface area contributed by atoms with E-state index in [2.05, 4.69) is 30.4 Å². The smallest absolute Gasteiger partial charge is 0.325 e. The van der Waals surface area contributed by atoms with E-state index in [1.165, 1.54) is 38.7 Å². The number of amidine groups is 1. The van der Waals surface area contributed by atoms with Gasteiger partial charge in [-0.15, -0.1) is 9.78 Å². The number of aliphatic imine (C=N–C) groups is 1. The Kier molecular flexibility index (Phi) is 14.0. The van der Waals surface area contributed by atoms with Crippen molar-refractivity contribution in [3.05, 3.63) is 114 Å². The molecule has 2 aromatic heterocycles. The molecular weight excluding hydrogens is 780 g/mol. The summed E-state index contributed by atoms with van der Waals surface area (Å²) in [6.07, 6.45) is 3.79. The summed E-state index contributed by atoms with van der Waals surface area (Å²) in [5.74, 6) is -2.24. The van der Waals surface area contributed by atoms with Gasteiger partial charge in [0.2, 0.25) is 6.79 Å². The molecule has 5 rings (SSSR count). The SMILES string of the molecule is COCC(C)(C)C(=O)OCOc1nc(C(Nc2ccc(C(N)=NC(=O)c3ccccc3)cc2)c2cc(OC)cc(OCCOS(C)(=O)=O)c2F)nn1-c1ncccn1. The highest BCUT2D eigenvalue weighted by molar-refractivity contribution is 7.85. The van der Waals surface area contributed by atoms with E-state index in [9.17, 15) is 18.0 Å². The van der Waals surface area contributed by atoms with Gasteiger partial charge < -0.3 is 34.7 Å². The Morgan fingerprint density at radius 2 is 1.67 bits per heavy atom. The van der Waals surface area contributed by atoms with Crippen molar-refractivity contribution in [2.75, 3.05) is 52.4 Å². The molecule has 18 nitrogen and oxygen atoms in total. The number of rotatable bonds is 19. The predicted octanol–water partition coefficient (Wildman–Crippen LogP) is 3.86. The van der Waals surface area contributed by atoms with Crippen LogP contribution in [0.5, 0.6) is 17.5 Å². The number of carbonyl (C=O) groups is 2. The van der Waals surface area contributed by atoms with Gasteiger partial charge in [0, 0.05) is 47.9 Å². The summed E-state index contributed by atoms with van der Waals surface area (Å²) in [7, 11) is -0.958. The van der Waals surface area contributed by atoms with E-state index < -0.39 is 46.1 Å². The van der Waals surface area contributed by atoms with Crippen molar-refractivity contribution < 1.29 is 50.3 Å². The molecule has 0 bridgehead atoms. The first-order valence-electron chi connectivity index (χ1n) is 17.4. The van der Waals surface area contributed by atoms with Crippen molar-refractivity contribution in [2.45, 2.75) is 19.9 Å². The predicted molar refractivity (Wildman–Crippen MR) is 207 cm³/mol. The highest BCUT2D eigenvalue weighted by Gasteiger charge is 2.31. The molecule has 58 heavy (non-hydrogen) atoms. The van der Waals surface area contributed by atoms with Gasteiger partial charge in [0.15, 0.2) is 17.4 Å². The first-order chi connectivity index (χ1) is 27.7. The molecule has 20 heteroatoms.